The number of benzene rings is 1. The molecule has 192 valence electrons. The fraction of sp³-hybridized carbons (Fsp3) is 0.556. The van der Waals surface area contributed by atoms with Gasteiger partial charge < -0.3 is 19.2 Å². The zero-order valence-electron chi connectivity index (χ0n) is 20.3. The number of ether oxygens (including phenoxy) is 1. The Morgan fingerprint density at radius 1 is 1.28 bits per heavy atom. The van der Waals surface area contributed by atoms with Crippen molar-refractivity contribution in [2.45, 2.75) is 70.4 Å². The first-order valence-electron chi connectivity index (χ1n) is 12.7. The van der Waals surface area contributed by atoms with Gasteiger partial charge in [-0.15, -0.1) is 0 Å². The molecule has 5 rings (SSSR count). The van der Waals surface area contributed by atoms with Crippen LogP contribution in [0.4, 0.5) is 0 Å². The van der Waals surface area contributed by atoms with E-state index in [1.165, 1.54) is 0 Å². The van der Waals surface area contributed by atoms with Gasteiger partial charge in [-0.3, -0.25) is 14.4 Å². The lowest BCUT2D eigenvalue weighted by atomic mass is 9.91. The molecule has 3 aliphatic rings. The SMILES string of the molecule is C[C@H]1CCCCC/C=C\[C@@H]2C[C@@]2(C(=O)O)CC(=O)[C@@H]2C[C@@H](Oc3nc4ccc(Cl)cc4o3)CN2C1=O. The maximum atomic E-state index is 13.5. The van der Waals surface area contributed by atoms with Crippen LogP contribution in [-0.4, -0.2) is 51.3 Å². The average Bonchev–Trinajstić information content (AvgIpc) is 3.17. The van der Waals surface area contributed by atoms with Crippen LogP contribution in [0, 0.1) is 17.3 Å². The first-order chi connectivity index (χ1) is 17.3. The largest absolute Gasteiger partial charge is 0.481 e. The van der Waals surface area contributed by atoms with Gasteiger partial charge in [-0.25, -0.2) is 0 Å². The minimum Gasteiger partial charge on any atom is -0.481 e. The van der Waals surface area contributed by atoms with Crippen molar-refractivity contribution >= 4 is 40.4 Å². The molecule has 0 unspecified atom stereocenters. The summed E-state index contributed by atoms with van der Waals surface area (Å²) in [6.45, 7) is 2.12. The second kappa shape index (κ2) is 9.88. The van der Waals surface area contributed by atoms with Crippen LogP contribution in [0.2, 0.25) is 5.02 Å². The summed E-state index contributed by atoms with van der Waals surface area (Å²) in [4.78, 5) is 45.0. The highest BCUT2D eigenvalue weighted by atomic mass is 35.5. The van der Waals surface area contributed by atoms with Crippen molar-refractivity contribution in [3.63, 3.8) is 0 Å². The molecule has 2 aromatic rings. The number of Topliss-reactive ketones (excluding diaryl/α,β-unsaturated/α-hetero) is 1. The van der Waals surface area contributed by atoms with E-state index in [2.05, 4.69) is 4.98 Å². The summed E-state index contributed by atoms with van der Waals surface area (Å²) in [5.74, 6) is -1.63. The molecular weight excluding hydrogens is 484 g/mol. The molecule has 5 atom stereocenters. The van der Waals surface area contributed by atoms with Crippen LogP contribution in [0.5, 0.6) is 6.08 Å². The van der Waals surface area contributed by atoms with Crippen LogP contribution in [0.25, 0.3) is 11.1 Å². The number of hydrogen-bond donors (Lipinski definition) is 1. The maximum Gasteiger partial charge on any atom is 0.394 e. The highest BCUT2D eigenvalue weighted by Crippen LogP contribution is 2.57. The van der Waals surface area contributed by atoms with E-state index in [0.29, 0.717) is 22.5 Å². The second-order valence-electron chi connectivity index (χ2n) is 10.5. The Labute approximate surface area is 214 Å². The minimum absolute atomic E-state index is 0.0577. The van der Waals surface area contributed by atoms with Crippen LogP contribution < -0.4 is 4.74 Å². The molecule has 1 amide bonds. The lowest BCUT2D eigenvalue weighted by Crippen LogP contribution is -2.44. The van der Waals surface area contributed by atoms with Gasteiger partial charge >= 0.3 is 12.0 Å². The topological polar surface area (TPSA) is 110 Å². The third kappa shape index (κ3) is 4.88. The summed E-state index contributed by atoms with van der Waals surface area (Å²) < 4.78 is 11.7. The van der Waals surface area contributed by atoms with Crippen LogP contribution in [-0.2, 0) is 14.4 Å². The molecule has 0 radical (unpaired) electrons. The van der Waals surface area contributed by atoms with Crippen molar-refractivity contribution in [1.29, 1.82) is 0 Å². The number of carbonyl (C=O) groups is 3. The Bertz CT molecular complexity index is 1210. The van der Waals surface area contributed by atoms with Crippen molar-refractivity contribution in [2.75, 3.05) is 6.54 Å². The number of amides is 1. The number of fused-ring (bicyclic) bond motifs is 3. The van der Waals surface area contributed by atoms with Gasteiger partial charge in [-0.2, -0.15) is 4.98 Å². The Morgan fingerprint density at radius 3 is 2.92 bits per heavy atom. The summed E-state index contributed by atoms with van der Waals surface area (Å²) in [6.07, 6.45) is 8.79. The van der Waals surface area contributed by atoms with Gasteiger partial charge in [0.25, 0.3) is 0 Å². The number of aromatic nitrogens is 1. The van der Waals surface area contributed by atoms with Crippen LogP contribution in [0.1, 0.15) is 58.3 Å². The molecule has 1 aromatic carbocycles. The Morgan fingerprint density at radius 2 is 2.11 bits per heavy atom. The summed E-state index contributed by atoms with van der Waals surface area (Å²) in [5, 5.41) is 10.5. The number of rotatable bonds is 3. The third-order valence-electron chi connectivity index (χ3n) is 7.86. The van der Waals surface area contributed by atoms with E-state index in [9.17, 15) is 19.5 Å². The number of ketones is 1. The van der Waals surface area contributed by atoms with E-state index in [1.807, 2.05) is 19.1 Å². The Kier molecular flexibility index (Phi) is 6.81. The Balaban J connectivity index is 1.38. The van der Waals surface area contributed by atoms with Gasteiger partial charge in [0, 0.05) is 29.8 Å². The molecule has 9 heteroatoms. The second-order valence-corrected chi connectivity index (χ2v) is 10.9. The van der Waals surface area contributed by atoms with Crippen LogP contribution >= 0.6 is 11.6 Å². The third-order valence-corrected chi connectivity index (χ3v) is 8.10. The molecule has 8 nitrogen and oxygen atoms in total. The number of carbonyl (C=O) groups excluding carboxylic acids is 2. The Hall–Kier alpha value is -2.87. The van der Waals surface area contributed by atoms with Gasteiger partial charge in [0.2, 0.25) is 5.91 Å². The minimum atomic E-state index is -1.08. The lowest BCUT2D eigenvalue weighted by molar-refractivity contribution is -0.147. The van der Waals surface area contributed by atoms with Crippen molar-refractivity contribution < 1.29 is 28.6 Å². The molecule has 2 aliphatic heterocycles. The van der Waals surface area contributed by atoms with E-state index in [-0.39, 0.29) is 49.0 Å². The zero-order chi connectivity index (χ0) is 25.4. The fourth-order valence-electron chi connectivity index (χ4n) is 5.60. The lowest BCUT2D eigenvalue weighted by Gasteiger charge is -2.27. The summed E-state index contributed by atoms with van der Waals surface area (Å²) >= 11 is 6.03. The van der Waals surface area contributed by atoms with Gasteiger partial charge in [-0.05, 0) is 43.7 Å². The first kappa shape index (κ1) is 24.8. The smallest absolute Gasteiger partial charge is 0.394 e. The number of halogens is 1. The summed E-state index contributed by atoms with van der Waals surface area (Å²) in [7, 11) is 0. The summed E-state index contributed by atoms with van der Waals surface area (Å²) in [6, 6.07) is 4.36. The normalized spacial score (nSPS) is 32.3. The number of carboxylic acids is 1. The van der Waals surface area contributed by atoms with Crippen molar-refractivity contribution in [3.05, 3.63) is 35.4 Å². The van der Waals surface area contributed by atoms with Gasteiger partial charge in [-0.1, -0.05) is 43.5 Å². The predicted octanol–water partition coefficient (Wildman–Crippen LogP) is 5.04. The molecule has 1 N–H and O–H groups in total. The molecule has 0 bridgehead atoms. The van der Waals surface area contributed by atoms with Crippen molar-refractivity contribution in [2.24, 2.45) is 17.3 Å². The molecule has 1 saturated carbocycles. The van der Waals surface area contributed by atoms with Gasteiger partial charge in [0.15, 0.2) is 11.4 Å². The van der Waals surface area contributed by atoms with Gasteiger partial charge in [0.05, 0.1) is 18.0 Å². The highest BCUT2D eigenvalue weighted by molar-refractivity contribution is 6.31. The highest BCUT2D eigenvalue weighted by Gasteiger charge is 2.61. The van der Waals surface area contributed by atoms with Crippen molar-refractivity contribution in [3.8, 4) is 6.08 Å². The molecular formula is C27H31ClN2O6. The van der Waals surface area contributed by atoms with Crippen LogP contribution in [0.3, 0.4) is 0 Å². The number of oxazole rings is 1. The standard InChI is InChI=1S/C27H31ClN2O6/c1-16-7-5-3-2-4-6-8-17-13-27(17,25(33)34)14-22(31)21-12-19(15-30(21)24(16)32)35-26-29-20-10-9-18(28)11-23(20)36-26/h6,8-11,16-17,19,21H,2-5,7,12-15H2,1H3,(H,33,34)/b8-6-/t16-,17+,19+,21-,27+/m0/s1. The monoisotopic (exact) mass is 514 g/mol. The molecule has 3 heterocycles. The van der Waals surface area contributed by atoms with E-state index in [1.54, 1.807) is 23.1 Å². The molecule has 0 spiro atoms. The summed E-state index contributed by atoms with van der Waals surface area (Å²) in [5.41, 5.74) is 0.00803. The molecule has 2 fully saturated rings. The zero-order valence-corrected chi connectivity index (χ0v) is 21.1. The number of nitrogens with zero attached hydrogens (tertiary/aromatic N) is 2. The number of allylic oxidation sites excluding steroid dienone is 2. The van der Waals surface area contributed by atoms with E-state index < -0.39 is 23.5 Å². The quantitative estimate of drug-likeness (QED) is 0.571. The number of carboxylic acid groups (broad SMARTS) is 1. The number of hydrogen-bond acceptors (Lipinski definition) is 6. The van der Waals surface area contributed by atoms with Crippen molar-refractivity contribution in [1.82, 2.24) is 9.88 Å². The molecule has 1 saturated heterocycles. The van der Waals surface area contributed by atoms with Crippen LogP contribution in [0.15, 0.2) is 34.8 Å². The van der Waals surface area contributed by atoms with E-state index >= 15 is 0 Å². The van der Waals surface area contributed by atoms with E-state index in [4.69, 9.17) is 20.8 Å². The maximum absolute atomic E-state index is 13.5. The fourth-order valence-corrected chi connectivity index (χ4v) is 5.76. The van der Waals surface area contributed by atoms with Gasteiger partial charge in [0.1, 0.15) is 11.6 Å². The first-order valence-corrected chi connectivity index (χ1v) is 13.1. The predicted molar refractivity (Wildman–Crippen MR) is 133 cm³/mol. The molecule has 1 aromatic heterocycles. The molecule has 36 heavy (non-hydrogen) atoms. The average molecular weight is 515 g/mol. The number of aliphatic carboxylic acids is 1. The van der Waals surface area contributed by atoms with E-state index in [0.717, 1.165) is 32.1 Å². The molecule has 1 aliphatic carbocycles.